The van der Waals surface area contributed by atoms with Crippen LogP contribution in [0.25, 0.3) is 0 Å². The number of aliphatic hydroxyl groups excluding tert-OH is 18. The van der Waals surface area contributed by atoms with Crippen molar-refractivity contribution in [2.75, 3.05) is 39.6 Å². The third-order valence-electron chi connectivity index (χ3n) is 15.9. The van der Waals surface area contributed by atoms with Gasteiger partial charge in [-0.25, -0.2) is 9.36 Å². The average molecular weight is 1370 g/mol. The lowest BCUT2D eigenvalue weighted by Gasteiger charge is -2.51. The molecule has 0 aliphatic carbocycles. The molecule has 92 heavy (non-hydrogen) atoms. The summed E-state index contributed by atoms with van der Waals surface area (Å²) < 4.78 is 91.4. The summed E-state index contributed by atoms with van der Waals surface area (Å²) in [5.41, 5.74) is 0. The molecule has 24 N–H and O–H groups in total. The molecule has 7 fully saturated rings. The van der Waals surface area contributed by atoms with Gasteiger partial charge >= 0.3 is 13.8 Å². The normalized spacial score (nSPS) is 47.1. The van der Waals surface area contributed by atoms with E-state index in [1.807, 2.05) is 0 Å². The van der Waals surface area contributed by atoms with Gasteiger partial charge in [-0.05, 0) is 0 Å². The molecule has 43 nitrogen and oxygen atoms in total. The second kappa shape index (κ2) is 32.4. The van der Waals surface area contributed by atoms with E-state index in [0.717, 1.165) is 20.8 Å². The molecule has 0 radical (unpaired) electrons. The highest BCUT2D eigenvalue weighted by Gasteiger charge is 2.60. The molecule has 0 bridgehead atoms. The summed E-state index contributed by atoms with van der Waals surface area (Å²) in [6.45, 7) is -4.02. The Hall–Kier alpha value is -3.25. The van der Waals surface area contributed by atoms with Crippen molar-refractivity contribution in [3.05, 3.63) is 0 Å². The van der Waals surface area contributed by atoms with Crippen molar-refractivity contribution in [2.45, 2.75) is 236 Å². The van der Waals surface area contributed by atoms with Gasteiger partial charge in [0.25, 0.3) is 0 Å². The van der Waals surface area contributed by atoms with E-state index >= 15 is 0 Å². The highest BCUT2D eigenvalue weighted by atomic mass is 31.2. The highest BCUT2D eigenvalue weighted by molar-refractivity contribution is 7.46. The Balaban J connectivity index is 1.15. The molecule has 532 valence electrons. The maximum Gasteiger partial charge on any atom is 0.469 e. The van der Waals surface area contributed by atoms with Crippen molar-refractivity contribution in [3.63, 3.8) is 0 Å². The molecule has 3 amide bonds. The van der Waals surface area contributed by atoms with Crippen LogP contribution in [0.3, 0.4) is 0 Å². The molecule has 7 saturated heterocycles. The van der Waals surface area contributed by atoms with Crippen molar-refractivity contribution >= 4 is 31.5 Å². The lowest BCUT2D eigenvalue weighted by atomic mass is 9.93. The lowest BCUT2D eigenvalue weighted by molar-refractivity contribution is -0.382. The first-order valence-electron chi connectivity index (χ1n) is 28.3. The highest BCUT2D eigenvalue weighted by Crippen LogP contribution is 2.41. The van der Waals surface area contributed by atoms with E-state index in [1.165, 1.54) is 0 Å². The van der Waals surface area contributed by atoms with Gasteiger partial charge in [0, 0.05) is 20.8 Å². The van der Waals surface area contributed by atoms with Gasteiger partial charge in [0.2, 0.25) is 17.7 Å². The number of hydrogen-bond donors (Lipinski definition) is 24. The number of phosphoric ester groups is 1. The Bertz CT molecular complexity index is 2460. The van der Waals surface area contributed by atoms with Gasteiger partial charge < -0.3 is 184 Å². The van der Waals surface area contributed by atoms with Crippen LogP contribution < -0.4 is 16.0 Å². The topological polar surface area (TPSA) is 675 Å². The monoisotopic (exact) mass is 1370 g/mol. The summed E-state index contributed by atoms with van der Waals surface area (Å²) in [6, 6.07) is -5.90. The Morgan fingerprint density at radius 2 is 0.696 bits per heavy atom. The minimum atomic E-state index is -5.54. The Morgan fingerprint density at radius 1 is 0.359 bits per heavy atom. The number of hydrogen-bond acceptors (Lipinski definition) is 37. The first-order valence-corrected chi connectivity index (χ1v) is 29.9. The van der Waals surface area contributed by atoms with Gasteiger partial charge in [-0.1, -0.05) is 0 Å². The van der Waals surface area contributed by atoms with Crippen LogP contribution in [-0.2, 0) is 89.8 Å². The number of phosphoric acid groups is 1. The van der Waals surface area contributed by atoms with Crippen molar-refractivity contribution in [1.29, 1.82) is 0 Å². The van der Waals surface area contributed by atoms with Crippen LogP contribution >= 0.6 is 7.82 Å². The molecular weight excluding hydrogens is 1290 g/mol. The molecule has 44 heteroatoms. The van der Waals surface area contributed by atoms with E-state index in [-0.39, 0.29) is 0 Å². The quantitative estimate of drug-likeness (QED) is 0.0399. The number of carboxylic acids is 1. The van der Waals surface area contributed by atoms with E-state index in [2.05, 4.69) is 16.0 Å². The van der Waals surface area contributed by atoms with Crippen LogP contribution in [0.1, 0.15) is 20.8 Å². The molecule has 0 aromatic rings. The zero-order chi connectivity index (χ0) is 68.3. The van der Waals surface area contributed by atoms with Crippen LogP contribution in [0.5, 0.6) is 0 Å². The molecule has 7 aliphatic heterocycles. The summed E-state index contributed by atoms with van der Waals surface area (Å²) in [5.74, 6) is -4.76. The third kappa shape index (κ3) is 17.2. The lowest BCUT2D eigenvalue weighted by Crippen LogP contribution is -2.72. The van der Waals surface area contributed by atoms with E-state index < -0.39 is 286 Å². The van der Waals surface area contributed by atoms with Crippen LogP contribution in [-0.4, -0.2) is 385 Å². The second-order valence-electron chi connectivity index (χ2n) is 22.4. The number of carbonyl (C=O) groups excluding carboxylic acids is 3. The van der Waals surface area contributed by atoms with Gasteiger partial charge in [0.05, 0.1) is 39.6 Å². The first kappa shape index (κ1) is 76.1. The number of rotatable bonds is 24. The standard InChI is InChI=1S/C48H80N3O40P/c1-10(57)49-19-25(63)34(85-45-21(51-12(3)59)37(22(60)13(4-52)80-45)88-48-33(71)39(24(62)15(6-54)82-48)90-46-31(69)27(65)28(66)40(91-46)41(72)73)17(8-56)83-43(19)86-36-18(9-78-92(75,76)77)84-44(20(26(36)64)50-11(2)58)89-38-23(61)14(5-53)81-47(32(38)70)87-35-16(7-55)79-42(74)30(68)29(35)67/h13-40,42-48,52-56,60-71,74H,4-9H2,1-3H3,(H,49,57)(H,50,58)(H,51,59)(H,72,73)(H2,75,76,77)/t13-,14-,15-,16-,17-,18-,19-,20-,21-,22+,23-,24+,25-,26-,27+,28+,29-,30-,31-,32+,33-,34+,35-,36-,37-,38+,39+,40+,42-,43+,44+,45-,46-,47+,48+/m1/s1. The number of carboxylic acid groups (broad SMARTS) is 1. The van der Waals surface area contributed by atoms with Crippen molar-refractivity contribution in [1.82, 2.24) is 16.0 Å². The summed E-state index contributed by atoms with van der Waals surface area (Å²) in [4.78, 5) is 70.2. The van der Waals surface area contributed by atoms with Crippen LogP contribution in [0.2, 0.25) is 0 Å². The zero-order valence-electron chi connectivity index (χ0n) is 48.5. The largest absolute Gasteiger partial charge is 0.479 e. The van der Waals surface area contributed by atoms with Crippen LogP contribution in [0, 0.1) is 0 Å². The van der Waals surface area contributed by atoms with E-state index in [1.54, 1.807) is 0 Å². The maximum atomic E-state index is 13.0. The maximum absolute atomic E-state index is 13.0. The fraction of sp³-hybridized carbons (Fsp3) is 0.917. The smallest absolute Gasteiger partial charge is 0.469 e. The van der Waals surface area contributed by atoms with Crippen LogP contribution in [0.4, 0.5) is 0 Å². The summed E-state index contributed by atoms with van der Waals surface area (Å²) in [6.07, 6.45) is -67.1. The van der Waals surface area contributed by atoms with Crippen molar-refractivity contribution in [3.8, 4) is 0 Å². The number of nitrogens with one attached hydrogen (secondary N) is 3. The van der Waals surface area contributed by atoms with Gasteiger partial charge in [0.15, 0.2) is 50.1 Å². The van der Waals surface area contributed by atoms with Crippen molar-refractivity contribution < 1.29 is 197 Å². The Kier molecular flexibility index (Phi) is 26.8. The molecule has 0 aromatic carbocycles. The van der Waals surface area contributed by atoms with Gasteiger partial charge in [-0.3, -0.25) is 18.9 Å². The molecule has 0 spiro atoms. The number of amides is 3. The molecule has 7 rings (SSSR count). The zero-order valence-corrected chi connectivity index (χ0v) is 49.4. The van der Waals surface area contributed by atoms with E-state index in [4.69, 9.17) is 66.1 Å². The number of aliphatic carboxylic acids is 1. The van der Waals surface area contributed by atoms with Gasteiger partial charge in [-0.2, -0.15) is 0 Å². The second-order valence-corrected chi connectivity index (χ2v) is 23.7. The fourth-order valence-electron chi connectivity index (χ4n) is 11.4. The minimum Gasteiger partial charge on any atom is -0.479 e. The summed E-state index contributed by atoms with van der Waals surface area (Å²) >= 11 is 0. The SMILES string of the molecule is CC(=O)N[C@H]1[C@H](O[C@H]2[C@H](O)[C@@H](NC(C)=O)[C@H](O[C@@H]3[C@H](O)[C@H](O[C@H]4[C@H](O)[C@@H](O)[C@H](O)O[C@@H]4CO)O[C@H](CO)[C@H]3O)O[C@@H]2COP(=O)(O)O)O[C@H](CO)[C@H](O[C@H]2O[C@H](CO)[C@H](O)[C@H](O[C@@H]3O[C@H](CO)[C@H](O)[C@H](O[C@@H]4O[C@H](C(=O)O)[C@@H](O)[C@H](O)[C@H]4O)[C@H]3O)[C@H]2NC(C)=O)[C@@H]1O. The summed E-state index contributed by atoms with van der Waals surface area (Å²) in [7, 11) is -5.54. The third-order valence-corrected chi connectivity index (χ3v) is 16.4. The van der Waals surface area contributed by atoms with E-state index in [9.17, 15) is 131 Å². The number of aliphatic hydroxyl groups is 18. The summed E-state index contributed by atoms with van der Waals surface area (Å²) in [5, 5.41) is 212. The first-order chi connectivity index (χ1) is 43.2. The number of carbonyl (C=O) groups is 4. The Morgan fingerprint density at radius 3 is 1.14 bits per heavy atom. The molecule has 0 aromatic heterocycles. The Labute approximate surface area is 518 Å². The minimum absolute atomic E-state index is 0.912. The molecule has 35 atom stereocenters. The van der Waals surface area contributed by atoms with Crippen LogP contribution in [0.15, 0.2) is 0 Å². The fourth-order valence-corrected chi connectivity index (χ4v) is 11.7. The molecule has 7 heterocycles. The van der Waals surface area contributed by atoms with Gasteiger partial charge in [0.1, 0.15) is 165 Å². The molecule has 0 unspecified atom stereocenters. The molecular formula is C48H80N3O40P. The molecule has 7 aliphatic rings. The van der Waals surface area contributed by atoms with Crippen molar-refractivity contribution in [2.24, 2.45) is 0 Å². The predicted molar refractivity (Wildman–Crippen MR) is 278 cm³/mol. The predicted octanol–water partition coefficient (Wildman–Crippen LogP) is -15.6. The van der Waals surface area contributed by atoms with Gasteiger partial charge in [-0.15, -0.1) is 0 Å². The van der Waals surface area contributed by atoms with E-state index in [0.29, 0.717) is 0 Å². The molecule has 0 saturated carbocycles. The average Bonchev–Trinajstić information content (AvgIpc) is 0.780. The number of ether oxygens (including phenoxy) is 13.